The van der Waals surface area contributed by atoms with Crippen LogP contribution in [0.4, 0.5) is 5.69 Å². The van der Waals surface area contributed by atoms with Gasteiger partial charge in [0, 0.05) is 5.71 Å². The number of quaternary nitrogens is 1. The Morgan fingerprint density at radius 3 is 2.55 bits per heavy atom. The zero-order valence-electron chi connectivity index (χ0n) is 18.1. The number of ether oxygens (including phenoxy) is 2. The van der Waals surface area contributed by atoms with E-state index in [1.165, 1.54) is 9.91 Å². The van der Waals surface area contributed by atoms with Gasteiger partial charge in [0.05, 0.1) is 44.8 Å². The van der Waals surface area contributed by atoms with Gasteiger partial charge in [0.1, 0.15) is 24.8 Å². The molecule has 1 unspecified atom stereocenters. The largest absolute Gasteiger partial charge is 0.497 e. The highest BCUT2D eigenvalue weighted by molar-refractivity contribution is 6.32. The van der Waals surface area contributed by atoms with E-state index in [0.717, 1.165) is 55.6 Å². The minimum absolute atomic E-state index is 0.0796. The van der Waals surface area contributed by atoms with Gasteiger partial charge < -0.3 is 14.4 Å². The summed E-state index contributed by atoms with van der Waals surface area (Å²) in [5.41, 5.74) is 3.19. The van der Waals surface area contributed by atoms with Crippen LogP contribution in [0.1, 0.15) is 12.5 Å². The number of hydrazone groups is 1. The SMILES string of the molecule is COc1ccc(N2N=C(c3ccccc3)C(C(C)=NCC[NH+]3CCOCC3)C2=O)cc1. The van der Waals surface area contributed by atoms with Gasteiger partial charge in [0.25, 0.3) is 5.91 Å². The molecule has 1 amide bonds. The van der Waals surface area contributed by atoms with Crippen LogP contribution in [-0.2, 0) is 9.53 Å². The van der Waals surface area contributed by atoms with Crippen LogP contribution >= 0.6 is 0 Å². The predicted octanol–water partition coefficient (Wildman–Crippen LogP) is 1.44. The predicted molar refractivity (Wildman–Crippen MR) is 121 cm³/mol. The van der Waals surface area contributed by atoms with Gasteiger partial charge in [-0.05, 0) is 36.8 Å². The van der Waals surface area contributed by atoms with Crippen LogP contribution in [0, 0.1) is 5.92 Å². The van der Waals surface area contributed by atoms with Gasteiger partial charge in [0.2, 0.25) is 0 Å². The molecule has 0 aliphatic carbocycles. The number of amides is 1. The van der Waals surface area contributed by atoms with Gasteiger partial charge in [0.15, 0.2) is 0 Å². The average molecular weight is 422 g/mol. The lowest BCUT2D eigenvalue weighted by Crippen LogP contribution is -3.14. The van der Waals surface area contributed by atoms with E-state index >= 15 is 0 Å². The fourth-order valence-corrected chi connectivity index (χ4v) is 3.96. The number of nitrogens with one attached hydrogen (secondary N) is 1. The Morgan fingerprint density at radius 2 is 1.87 bits per heavy atom. The van der Waals surface area contributed by atoms with Crippen LogP contribution in [0.3, 0.4) is 0 Å². The van der Waals surface area contributed by atoms with Crippen molar-refractivity contribution in [2.24, 2.45) is 16.0 Å². The molecule has 0 bridgehead atoms. The third kappa shape index (κ3) is 4.84. The van der Waals surface area contributed by atoms with E-state index in [-0.39, 0.29) is 5.91 Å². The molecule has 4 rings (SSSR count). The third-order valence-electron chi connectivity index (χ3n) is 5.77. The third-order valence-corrected chi connectivity index (χ3v) is 5.77. The van der Waals surface area contributed by atoms with Crippen LogP contribution in [0.2, 0.25) is 0 Å². The van der Waals surface area contributed by atoms with Crippen molar-refractivity contribution < 1.29 is 19.2 Å². The van der Waals surface area contributed by atoms with Gasteiger partial charge in [-0.2, -0.15) is 10.1 Å². The van der Waals surface area contributed by atoms with Crippen LogP contribution in [0.5, 0.6) is 5.75 Å². The van der Waals surface area contributed by atoms with E-state index in [1.807, 2.05) is 61.5 Å². The van der Waals surface area contributed by atoms with Gasteiger partial charge >= 0.3 is 0 Å². The molecule has 0 aromatic heterocycles. The summed E-state index contributed by atoms with van der Waals surface area (Å²) < 4.78 is 10.7. The van der Waals surface area contributed by atoms with Gasteiger partial charge in [-0.3, -0.25) is 9.79 Å². The second-order valence-electron chi connectivity index (χ2n) is 7.77. The van der Waals surface area contributed by atoms with Crippen molar-refractivity contribution in [1.29, 1.82) is 0 Å². The van der Waals surface area contributed by atoms with E-state index in [4.69, 9.17) is 19.6 Å². The molecule has 2 aliphatic rings. The topological polar surface area (TPSA) is 67.9 Å². The molecule has 1 fully saturated rings. The van der Waals surface area contributed by atoms with E-state index in [0.29, 0.717) is 12.2 Å². The van der Waals surface area contributed by atoms with Crippen LogP contribution < -0.4 is 14.6 Å². The number of carbonyl (C=O) groups excluding carboxylic acids is 1. The van der Waals surface area contributed by atoms with Crippen LogP contribution in [0.15, 0.2) is 64.7 Å². The molecule has 2 heterocycles. The number of morpholine rings is 1. The van der Waals surface area contributed by atoms with Crippen molar-refractivity contribution in [2.75, 3.05) is 51.5 Å². The highest BCUT2D eigenvalue weighted by atomic mass is 16.5. The number of aliphatic imine (C=N–C) groups is 1. The molecule has 0 saturated carbocycles. The molecule has 7 heteroatoms. The first kappa shape index (κ1) is 21.2. The minimum atomic E-state index is -0.482. The lowest BCUT2D eigenvalue weighted by molar-refractivity contribution is -0.906. The second kappa shape index (κ2) is 9.85. The van der Waals surface area contributed by atoms with E-state index in [9.17, 15) is 4.79 Å². The maximum Gasteiger partial charge on any atom is 0.262 e. The van der Waals surface area contributed by atoms with E-state index < -0.39 is 5.92 Å². The smallest absolute Gasteiger partial charge is 0.262 e. The summed E-state index contributed by atoms with van der Waals surface area (Å²) in [6.07, 6.45) is 0. The fraction of sp³-hybridized carbons (Fsp3) is 0.375. The summed E-state index contributed by atoms with van der Waals surface area (Å²) in [6, 6.07) is 17.2. The molecule has 1 saturated heterocycles. The number of hydrogen-bond acceptors (Lipinski definition) is 5. The highest BCUT2D eigenvalue weighted by Crippen LogP contribution is 2.29. The minimum Gasteiger partial charge on any atom is -0.497 e. The van der Waals surface area contributed by atoms with Crippen molar-refractivity contribution in [3.63, 3.8) is 0 Å². The normalized spacial score (nSPS) is 20.1. The second-order valence-corrected chi connectivity index (χ2v) is 7.77. The van der Waals surface area contributed by atoms with Gasteiger partial charge in [-0.25, -0.2) is 0 Å². The molecule has 1 N–H and O–H groups in total. The molecule has 0 radical (unpaired) electrons. The van der Waals surface area contributed by atoms with E-state index in [1.54, 1.807) is 7.11 Å². The number of hydrogen-bond donors (Lipinski definition) is 1. The van der Waals surface area contributed by atoms with E-state index in [2.05, 4.69) is 0 Å². The van der Waals surface area contributed by atoms with Gasteiger partial charge in [-0.1, -0.05) is 30.3 Å². The number of benzene rings is 2. The van der Waals surface area contributed by atoms with Crippen molar-refractivity contribution >= 4 is 23.0 Å². The Labute approximate surface area is 183 Å². The maximum atomic E-state index is 13.4. The van der Waals surface area contributed by atoms with Crippen molar-refractivity contribution in [1.82, 2.24) is 0 Å². The first-order chi connectivity index (χ1) is 15.2. The molecule has 1 atom stereocenters. The lowest BCUT2D eigenvalue weighted by atomic mass is 9.93. The van der Waals surface area contributed by atoms with Crippen molar-refractivity contribution in [2.45, 2.75) is 6.92 Å². The standard InChI is InChI=1S/C24H28N4O3/c1-18(25-12-13-27-14-16-31-17-15-27)22-23(19-6-4-3-5-7-19)26-28(24(22)29)20-8-10-21(30-2)11-9-20/h3-11,22H,12-17H2,1-2H3/p+1. The highest BCUT2D eigenvalue weighted by Gasteiger charge is 2.39. The summed E-state index contributed by atoms with van der Waals surface area (Å²) in [5.74, 6) is 0.177. The first-order valence-corrected chi connectivity index (χ1v) is 10.7. The summed E-state index contributed by atoms with van der Waals surface area (Å²) in [7, 11) is 1.62. The van der Waals surface area contributed by atoms with Crippen molar-refractivity contribution in [3.05, 3.63) is 60.2 Å². The monoisotopic (exact) mass is 421 g/mol. The molecule has 2 aromatic carbocycles. The Kier molecular flexibility index (Phi) is 6.74. The number of methoxy groups -OCH3 is 1. The molecule has 7 nitrogen and oxygen atoms in total. The average Bonchev–Trinajstić information content (AvgIpc) is 3.17. The molecule has 2 aliphatic heterocycles. The Morgan fingerprint density at radius 1 is 1.16 bits per heavy atom. The molecule has 0 spiro atoms. The summed E-state index contributed by atoms with van der Waals surface area (Å²) >= 11 is 0. The fourth-order valence-electron chi connectivity index (χ4n) is 3.96. The van der Waals surface area contributed by atoms with Crippen molar-refractivity contribution in [3.8, 4) is 5.75 Å². The molecule has 2 aromatic rings. The molecular formula is C24H29N4O3+. The maximum absolute atomic E-state index is 13.4. The first-order valence-electron chi connectivity index (χ1n) is 10.7. The summed E-state index contributed by atoms with van der Waals surface area (Å²) in [5, 5.41) is 6.21. The molecule has 31 heavy (non-hydrogen) atoms. The molecular weight excluding hydrogens is 392 g/mol. The van der Waals surface area contributed by atoms with Gasteiger partial charge in [-0.15, -0.1) is 0 Å². The zero-order valence-corrected chi connectivity index (χ0v) is 18.1. The number of nitrogens with zero attached hydrogens (tertiary/aromatic N) is 3. The summed E-state index contributed by atoms with van der Waals surface area (Å²) in [6.45, 7) is 7.21. The Hall–Kier alpha value is -3.03. The quantitative estimate of drug-likeness (QED) is 0.688. The number of carbonyl (C=O) groups is 1. The van der Waals surface area contributed by atoms with Crippen LogP contribution in [0.25, 0.3) is 0 Å². The Bertz CT molecular complexity index is 951. The number of rotatable bonds is 7. The number of anilines is 1. The van der Waals surface area contributed by atoms with Crippen LogP contribution in [-0.4, -0.2) is 63.8 Å². The molecule has 162 valence electrons. The Balaban J connectivity index is 1.57. The zero-order chi connectivity index (χ0) is 21.6. The lowest BCUT2D eigenvalue weighted by Gasteiger charge is -2.23. The summed E-state index contributed by atoms with van der Waals surface area (Å²) in [4.78, 5) is 19.7.